The van der Waals surface area contributed by atoms with Gasteiger partial charge in [-0.2, -0.15) is 0 Å². The number of anilines is 1. The number of amides is 1. The monoisotopic (exact) mass is 223 g/mol. The van der Waals surface area contributed by atoms with Crippen LogP contribution < -0.4 is 10.1 Å². The Morgan fingerprint density at radius 1 is 1.38 bits per heavy atom. The summed E-state index contributed by atoms with van der Waals surface area (Å²) >= 11 is 0. The Morgan fingerprint density at radius 2 is 2.00 bits per heavy atom. The lowest BCUT2D eigenvalue weighted by Gasteiger charge is -2.09. The second-order valence-electron chi connectivity index (χ2n) is 2.73. The fraction of sp³-hybridized carbons (Fsp3) is 0.333. The quantitative estimate of drug-likeness (QED) is 0.801. The van der Waals surface area contributed by atoms with E-state index >= 15 is 0 Å². The molecule has 4 nitrogen and oxygen atoms in total. The predicted octanol–water partition coefficient (Wildman–Crippen LogP) is 2.49. The molecule has 0 saturated heterocycles. The summed E-state index contributed by atoms with van der Waals surface area (Å²) in [5.74, 6) is 0.184. The first-order valence-corrected chi connectivity index (χ1v) is 5.08. The summed E-state index contributed by atoms with van der Waals surface area (Å²) in [6.07, 6.45) is 0.685. The Balaban J connectivity index is 0.00000106. The highest BCUT2D eigenvalue weighted by molar-refractivity contribution is 5.93. The maximum atomic E-state index is 10.8. The molecule has 0 aliphatic heterocycles. The molecular weight excluding hydrogens is 206 g/mol. The van der Waals surface area contributed by atoms with E-state index in [1.165, 1.54) is 14.0 Å². The zero-order chi connectivity index (χ0) is 12.6. The molecule has 0 bridgehead atoms. The van der Waals surface area contributed by atoms with Crippen molar-refractivity contribution in [3.8, 4) is 5.75 Å². The summed E-state index contributed by atoms with van der Waals surface area (Å²) in [5.41, 5.74) is 0.920. The van der Waals surface area contributed by atoms with E-state index in [-0.39, 0.29) is 5.91 Å². The Morgan fingerprint density at radius 3 is 2.44 bits per heavy atom. The van der Waals surface area contributed by atoms with Crippen molar-refractivity contribution in [2.75, 3.05) is 12.4 Å². The van der Waals surface area contributed by atoms with Crippen LogP contribution in [0.25, 0.3) is 0 Å². The smallest absolute Gasteiger partial charge is 0.221 e. The van der Waals surface area contributed by atoms with Gasteiger partial charge in [-0.05, 0) is 12.1 Å². The minimum absolute atomic E-state index is 0.202. The van der Waals surface area contributed by atoms with Crippen molar-refractivity contribution in [2.24, 2.45) is 0 Å². The van der Waals surface area contributed by atoms with Crippen LogP contribution in [0, 0.1) is 0 Å². The van der Waals surface area contributed by atoms with Crippen LogP contribution in [0.5, 0.6) is 5.75 Å². The molecule has 1 N–H and O–H groups in total. The normalized spacial score (nSPS) is 8.50. The number of para-hydroxylation sites is 1. The molecule has 1 aromatic carbocycles. The highest BCUT2D eigenvalue weighted by Gasteiger charge is 2.08. The Kier molecular flexibility index (Phi) is 6.59. The summed E-state index contributed by atoms with van der Waals surface area (Å²) < 4.78 is 5.02. The number of benzene rings is 1. The van der Waals surface area contributed by atoms with Gasteiger partial charge in [-0.1, -0.05) is 19.9 Å². The molecule has 0 unspecified atom stereocenters. The molecule has 0 fully saturated rings. The number of carbonyl (C=O) groups is 2. The Labute approximate surface area is 95.6 Å². The molecule has 0 spiro atoms. The standard InChI is InChI=1S/C10H11NO3.C2H6/c1-7(13)11-9-5-3-4-8(6-12)10(9)14-2;1-2/h3-6H,1-2H3,(H,11,13);1-2H3. The van der Waals surface area contributed by atoms with Crippen LogP contribution in [-0.4, -0.2) is 19.3 Å². The maximum absolute atomic E-state index is 10.8. The number of methoxy groups -OCH3 is 1. The number of carbonyl (C=O) groups excluding carboxylic acids is 2. The summed E-state index contributed by atoms with van der Waals surface area (Å²) in [7, 11) is 1.45. The lowest BCUT2D eigenvalue weighted by atomic mass is 10.2. The van der Waals surface area contributed by atoms with Gasteiger partial charge in [0.05, 0.1) is 18.4 Å². The van der Waals surface area contributed by atoms with Gasteiger partial charge in [-0.25, -0.2) is 0 Å². The molecule has 1 rings (SSSR count). The van der Waals surface area contributed by atoms with Gasteiger partial charge in [0.15, 0.2) is 12.0 Å². The van der Waals surface area contributed by atoms with Gasteiger partial charge >= 0.3 is 0 Å². The number of hydrogen-bond acceptors (Lipinski definition) is 3. The minimum atomic E-state index is -0.202. The number of ether oxygens (including phenoxy) is 1. The van der Waals surface area contributed by atoms with E-state index in [1.54, 1.807) is 18.2 Å². The van der Waals surface area contributed by atoms with Crippen LogP contribution in [0.3, 0.4) is 0 Å². The van der Waals surface area contributed by atoms with E-state index < -0.39 is 0 Å². The molecule has 1 amide bonds. The molecule has 4 heteroatoms. The van der Waals surface area contributed by atoms with Gasteiger partial charge in [-0.15, -0.1) is 0 Å². The number of rotatable bonds is 3. The lowest BCUT2D eigenvalue weighted by molar-refractivity contribution is -0.114. The van der Waals surface area contributed by atoms with Gasteiger partial charge in [0.25, 0.3) is 0 Å². The molecule has 1 aromatic rings. The molecular formula is C12H17NO3. The highest BCUT2D eigenvalue weighted by Crippen LogP contribution is 2.27. The van der Waals surface area contributed by atoms with Crippen LogP contribution in [-0.2, 0) is 4.79 Å². The zero-order valence-electron chi connectivity index (χ0n) is 10.0. The maximum Gasteiger partial charge on any atom is 0.221 e. The first-order valence-electron chi connectivity index (χ1n) is 5.08. The van der Waals surface area contributed by atoms with Crippen molar-refractivity contribution >= 4 is 17.9 Å². The summed E-state index contributed by atoms with van der Waals surface area (Å²) in [5, 5.41) is 2.58. The van der Waals surface area contributed by atoms with Gasteiger partial charge in [-0.3, -0.25) is 9.59 Å². The third-order valence-electron chi connectivity index (χ3n) is 1.69. The van der Waals surface area contributed by atoms with E-state index in [9.17, 15) is 9.59 Å². The van der Waals surface area contributed by atoms with Crippen LogP contribution in [0.4, 0.5) is 5.69 Å². The fourth-order valence-corrected chi connectivity index (χ4v) is 1.16. The number of hydrogen-bond donors (Lipinski definition) is 1. The highest BCUT2D eigenvalue weighted by atomic mass is 16.5. The van der Waals surface area contributed by atoms with Gasteiger partial charge < -0.3 is 10.1 Å². The van der Waals surface area contributed by atoms with E-state index in [2.05, 4.69) is 5.32 Å². The van der Waals surface area contributed by atoms with Crippen molar-refractivity contribution in [1.29, 1.82) is 0 Å². The van der Waals surface area contributed by atoms with Gasteiger partial charge in [0, 0.05) is 6.92 Å². The largest absolute Gasteiger partial charge is 0.494 e. The number of nitrogens with one attached hydrogen (secondary N) is 1. The average Bonchev–Trinajstić information content (AvgIpc) is 2.30. The molecule has 0 aliphatic rings. The van der Waals surface area contributed by atoms with Gasteiger partial charge in [0.2, 0.25) is 5.91 Å². The summed E-state index contributed by atoms with van der Waals surface area (Å²) in [4.78, 5) is 21.5. The first-order chi connectivity index (χ1) is 7.69. The number of aldehydes is 1. The fourth-order valence-electron chi connectivity index (χ4n) is 1.16. The molecule has 0 heterocycles. The average molecular weight is 223 g/mol. The van der Waals surface area contributed by atoms with E-state index in [0.717, 1.165) is 0 Å². The van der Waals surface area contributed by atoms with Crippen LogP contribution in [0.2, 0.25) is 0 Å². The molecule has 16 heavy (non-hydrogen) atoms. The Bertz CT molecular complexity index is 361. The summed E-state index contributed by atoms with van der Waals surface area (Å²) in [6.45, 7) is 5.40. The zero-order valence-corrected chi connectivity index (χ0v) is 10.0. The summed E-state index contributed by atoms with van der Waals surface area (Å²) in [6, 6.07) is 4.97. The molecule has 0 aromatic heterocycles. The second kappa shape index (κ2) is 7.45. The molecule has 0 aliphatic carbocycles. The second-order valence-corrected chi connectivity index (χ2v) is 2.73. The van der Waals surface area contributed by atoms with E-state index in [0.29, 0.717) is 23.3 Å². The lowest BCUT2D eigenvalue weighted by Crippen LogP contribution is -2.07. The van der Waals surface area contributed by atoms with E-state index in [4.69, 9.17) is 4.74 Å². The molecule has 0 atom stereocenters. The van der Waals surface area contributed by atoms with Crippen LogP contribution >= 0.6 is 0 Å². The SMILES string of the molecule is CC.COc1c(C=O)cccc1NC(C)=O. The van der Waals surface area contributed by atoms with Crippen LogP contribution in [0.1, 0.15) is 31.1 Å². The minimum Gasteiger partial charge on any atom is -0.494 e. The molecule has 0 radical (unpaired) electrons. The van der Waals surface area contributed by atoms with Crippen molar-refractivity contribution < 1.29 is 14.3 Å². The molecule has 88 valence electrons. The van der Waals surface area contributed by atoms with Crippen molar-refractivity contribution in [2.45, 2.75) is 20.8 Å². The van der Waals surface area contributed by atoms with Crippen molar-refractivity contribution in [3.63, 3.8) is 0 Å². The topological polar surface area (TPSA) is 55.4 Å². The van der Waals surface area contributed by atoms with Gasteiger partial charge in [0.1, 0.15) is 0 Å². The predicted molar refractivity (Wildman–Crippen MR) is 64.0 cm³/mol. The Hall–Kier alpha value is -1.84. The first kappa shape index (κ1) is 14.2. The third kappa shape index (κ3) is 3.73. The van der Waals surface area contributed by atoms with E-state index in [1.807, 2.05) is 13.8 Å². The third-order valence-corrected chi connectivity index (χ3v) is 1.69. The van der Waals surface area contributed by atoms with Crippen molar-refractivity contribution in [1.82, 2.24) is 0 Å². The molecule has 0 saturated carbocycles. The van der Waals surface area contributed by atoms with Crippen LogP contribution in [0.15, 0.2) is 18.2 Å². The van der Waals surface area contributed by atoms with Crippen molar-refractivity contribution in [3.05, 3.63) is 23.8 Å².